The molecule has 0 aliphatic carbocycles. The van der Waals surface area contributed by atoms with E-state index in [0.29, 0.717) is 24.4 Å². The number of benzene rings is 1. The third kappa shape index (κ3) is 4.74. The number of likely N-dealkylation sites (tertiary alicyclic amines) is 1. The van der Waals surface area contributed by atoms with Gasteiger partial charge in [-0.05, 0) is 37.4 Å². The maximum Gasteiger partial charge on any atom is 0.322 e. The van der Waals surface area contributed by atoms with Crippen LogP contribution in [0.25, 0.3) is 5.65 Å². The Labute approximate surface area is 184 Å². The van der Waals surface area contributed by atoms with Crippen molar-refractivity contribution in [3.63, 3.8) is 0 Å². The highest BCUT2D eigenvalue weighted by Gasteiger charge is 2.21. The van der Waals surface area contributed by atoms with E-state index in [4.69, 9.17) is 14.7 Å². The van der Waals surface area contributed by atoms with E-state index >= 15 is 0 Å². The molecule has 3 aromatic rings. The minimum Gasteiger partial charge on any atom is -0.460 e. The summed E-state index contributed by atoms with van der Waals surface area (Å²) in [6, 6.07) is 8.77. The molecule has 1 aliphatic rings. The Balaban J connectivity index is 1.63. The van der Waals surface area contributed by atoms with Crippen molar-refractivity contribution in [3.05, 3.63) is 41.6 Å². The van der Waals surface area contributed by atoms with E-state index < -0.39 is 0 Å². The van der Waals surface area contributed by atoms with Gasteiger partial charge in [0.05, 0.1) is 6.20 Å². The number of nitrogens with one attached hydrogen (secondary N) is 1. The summed E-state index contributed by atoms with van der Waals surface area (Å²) in [4.78, 5) is 13.9. The number of piperidine rings is 1. The first-order valence-electron chi connectivity index (χ1n) is 11.0. The first-order chi connectivity index (χ1) is 14.9. The van der Waals surface area contributed by atoms with Crippen LogP contribution >= 0.6 is 0 Å². The summed E-state index contributed by atoms with van der Waals surface area (Å²) in [6.45, 7) is 6.99. The second-order valence-electron chi connectivity index (χ2n) is 8.82. The molecule has 8 nitrogen and oxygen atoms in total. The van der Waals surface area contributed by atoms with Crippen LogP contribution in [0.15, 0.2) is 30.5 Å². The molecular weight excluding hydrogens is 390 g/mol. The van der Waals surface area contributed by atoms with Crippen molar-refractivity contribution in [1.29, 1.82) is 0 Å². The fourth-order valence-corrected chi connectivity index (χ4v) is 3.97. The molecule has 31 heavy (non-hydrogen) atoms. The molecule has 3 heterocycles. The fourth-order valence-electron chi connectivity index (χ4n) is 3.97. The minimum absolute atomic E-state index is 0.145. The van der Waals surface area contributed by atoms with Crippen LogP contribution in [0.5, 0.6) is 6.01 Å². The van der Waals surface area contributed by atoms with Crippen molar-refractivity contribution < 1.29 is 4.74 Å². The van der Waals surface area contributed by atoms with E-state index in [9.17, 15) is 0 Å². The van der Waals surface area contributed by atoms with Crippen molar-refractivity contribution >= 4 is 17.3 Å². The Morgan fingerprint density at radius 2 is 1.90 bits per heavy atom. The summed E-state index contributed by atoms with van der Waals surface area (Å²) in [6.07, 6.45) is 4.00. The van der Waals surface area contributed by atoms with E-state index in [1.165, 1.54) is 11.3 Å². The number of aromatic nitrogens is 4. The normalized spacial score (nSPS) is 15.5. The number of hydrogen-bond acceptors (Lipinski definition) is 7. The number of nitrogens with zero attached hydrogens (tertiary/aromatic N) is 6. The molecule has 0 unspecified atom stereocenters. The van der Waals surface area contributed by atoms with Crippen LogP contribution < -0.4 is 15.0 Å². The molecule has 2 aromatic heterocycles. The number of anilines is 2. The predicted molar refractivity (Wildman–Crippen MR) is 124 cm³/mol. The zero-order valence-corrected chi connectivity index (χ0v) is 19.2. The molecule has 166 valence electrons. The van der Waals surface area contributed by atoms with Crippen LogP contribution in [-0.4, -0.2) is 64.8 Å². The van der Waals surface area contributed by atoms with E-state index in [0.717, 1.165) is 37.1 Å². The highest BCUT2D eigenvalue weighted by molar-refractivity contribution is 5.55. The summed E-state index contributed by atoms with van der Waals surface area (Å²) in [5.74, 6) is 0.958. The van der Waals surface area contributed by atoms with Crippen LogP contribution in [0.3, 0.4) is 0 Å². The molecule has 4 rings (SSSR count). The van der Waals surface area contributed by atoms with Crippen LogP contribution in [0.2, 0.25) is 0 Å². The number of hydrogen-bond donors (Lipinski definition) is 1. The lowest BCUT2D eigenvalue weighted by Crippen LogP contribution is -2.36. The number of ether oxygens (including phenoxy) is 1. The van der Waals surface area contributed by atoms with Crippen molar-refractivity contribution in [3.8, 4) is 6.01 Å². The molecular formula is C23H33N7O. The van der Waals surface area contributed by atoms with E-state index in [1.807, 2.05) is 6.20 Å². The minimum atomic E-state index is 0.145. The summed E-state index contributed by atoms with van der Waals surface area (Å²) in [7, 11) is 6.25. The Kier molecular flexibility index (Phi) is 6.27. The van der Waals surface area contributed by atoms with Gasteiger partial charge in [0.25, 0.3) is 0 Å². The monoisotopic (exact) mass is 423 g/mol. The fraction of sp³-hybridized carbons (Fsp3) is 0.522. The second-order valence-corrected chi connectivity index (χ2v) is 8.82. The van der Waals surface area contributed by atoms with Gasteiger partial charge in [0, 0.05) is 45.0 Å². The molecule has 0 atom stereocenters. The van der Waals surface area contributed by atoms with Crippen LogP contribution in [0.1, 0.15) is 43.7 Å². The lowest BCUT2D eigenvalue weighted by atomic mass is 10.1. The molecule has 1 aromatic carbocycles. The highest BCUT2D eigenvalue weighted by atomic mass is 16.5. The Bertz CT molecular complexity index is 1020. The van der Waals surface area contributed by atoms with Gasteiger partial charge in [-0.3, -0.25) is 0 Å². The van der Waals surface area contributed by atoms with Crippen LogP contribution in [0, 0.1) is 0 Å². The third-order valence-electron chi connectivity index (χ3n) is 5.84. The van der Waals surface area contributed by atoms with Crippen molar-refractivity contribution in [2.24, 2.45) is 0 Å². The number of para-hydroxylation sites is 1. The molecule has 1 saturated heterocycles. The molecule has 0 amide bonds. The van der Waals surface area contributed by atoms with Gasteiger partial charge < -0.3 is 19.9 Å². The average molecular weight is 424 g/mol. The first-order valence-corrected chi connectivity index (χ1v) is 11.0. The van der Waals surface area contributed by atoms with Gasteiger partial charge in [-0.2, -0.15) is 19.6 Å². The molecule has 0 bridgehead atoms. The molecule has 0 saturated carbocycles. The molecule has 1 fully saturated rings. The van der Waals surface area contributed by atoms with E-state index in [2.05, 4.69) is 79.5 Å². The number of fused-ring (bicyclic) bond motifs is 1. The van der Waals surface area contributed by atoms with Crippen molar-refractivity contribution in [1.82, 2.24) is 24.5 Å². The maximum atomic E-state index is 6.23. The lowest BCUT2D eigenvalue weighted by Gasteiger charge is -2.28. The van der Waals surface area contributed by atoms with Gasteiger partial charge in [0.1, 0.15) is 6.10 Å². The van der Waals surface area contributed by atoms with E-state index in [1.54, 1.807) is 4.52 Å². The standard InChI is InChI=1S/C23H33N7O/c1-16(2)19-15-25-30-21(19)26-23(31-18-10-12-29(5)13-11-18)27-22(30)24-14-17-8-6-7-9-20(17)28(3)4/h6-9,15-16,18H,10-14H2,1-5H3,(H,24,26,27). The zero-order valence-electron chi connectivity index (χ0n) is 19.2. The lowest BCUT2D eigenvalue weighted by molar-refractivity contribution is 0.105. The topological polar surface area (TPSA) is 70.8 Å². The Hall–Kier alpha value is -2.87. The van der Waals surface area contributed by atoms with Crippen LogP contribution in [-0.2, 0) is 6.54 Å². The van der Waals surface area contributed by atoms with Gasteiger partial charge in [0.2, 0.25) is 5.95 Å². The molecule has 1 N–H and O–H groups in total. The summed E-state index contributed by atoms with van der Waals surface area (Å²) < 4.78 is 8.02. The average Bonchev–Trinajstić information content (AvgIpc) is 3.18. The third-order valence-corrected chi connectivity index (χ3v) is 5.84. The summed E-state index contributed by atoms with van der Waals surface area (Å²) in [5.41, 5.74) is 4.25. The Morgan fingerprint density at radius 3 is 2.61 bits per heavy atom. The number of rotatable bonds is 7. The molecule has 0 spiro atoms. The summed E-state index contributed by atoms with van der Waals surface area (Å²) >= 11 is 0. The smallest absolute Gasteiger partial charge is 0.322 e. The Morgan fingerprint density at radius 1 is 1.16 bits per heavy atom. The molecule has 1 aliphatic heterocycles. The van der Waals surface area contributed by atoms with Gasteiger partial charge in [-0.1, -0.05) is 32.0 Å². The van der Waals surface area contributed by atoms with Gasteiger partial charge in [0.15, 0.2) is 5.65 Å². The molecule has 8 heteroatoms. The van der Waals surface area contributed by atoms with Gasteiger partial charge >= 0.3 is 6.01 Å². The quantitative estimate of drug-likeness (QED) is 0.624. The van der Waals surface area contributed by atoms with Gasteiger partial charge in [-0.25, -0.2) is 0 Å². The predicted octanol–water partition coefficient (Wildman–Crippen LogP) is 3.40. The van der Waals surface area contributed by atoms with E-state index in [-0.39, 0.29) is 6.10 Å². The SMILES string of the molecule is CC(C)c1cnn2c(NCc3ccccc3N(C)C)nc(OC3CCN(C)CC3)nc12. The zero-order chi connectivity index (χ0) is 22.0. The van der Waals surface area contributed by atoms with Gasteiger partial charge in [-0.15, -0.1) is 0 Å². The maximum absolute atomic E-state index is 6.23. The summed E-state index contributed by atoms with van der Waals surface area (Å²) in [5, 5.41) is 8.03. The second kappa shape index (κ2) is 9.09. The highest BCUT2D eigenvalue weighted by Crippen LogP contribution is 2.25. The first kappa shape index (κ1) is 21.4. The van der Waals surface area contributed by atoms with Crippen molar-refractivity contribution in [2.75, 3.05) is 44.4 Å². The molecule has 0 radical (unpaired) electrons. The van der Waals surface area contributed by atoms with Crippen molar-refractivity contribution in [2.45, 2.75) is 45.3 Å². The van der Waals surface area contributed by atoms with Crippen LogP contribution in [0.4, 0.5) is 11.6 Å². The largest absolute Gasteiger partial charge is 0.460 e.